The van der Waals surface area contributed by atoms with Crippen molar-refractivity contribution < 1.29 is 4.79 Å². The molecule has 0 saturated carbocycles. The zero-order valence-electron chi connectivity index (χ0n) is 8.95. The summed E-state index contributed by atoms with van der Waals surface area (Å²) >= 11 is 3.31. The first-order valence-electron chi connectivity index (χ1n) is 5.39. The monoisotopic (exact) mass is 283 g/mol. The van der Waals surface area contributed by atoms with Crippen molar-refractivity contribution in [2.24, 2.45) is 0 Å². The molecule has 0 bridgehead atoms. The number of likely N-dealkylation sites (tertiary alicyclic amines) is 1. The smallest absolute Gasteiger partial charge is 0.241 e. The molecule has 86 valence electrons. The normalized spacial score (nSPS) is 15.2. The number of aromatic nitrogens is 1. The highest BCUT2D eigenvalue weighted by atomic mass is 79.9. The van der Waals surface area contributed by atoms with Gasteiger partial charge in [-0.05, 0) is 40.9 Å². The third kappa shape index (κ3) is 2.95. The quantitative estimate of drug-likeness (QED) is 0.921. The lowest BCUT2D eigenvalue weighted by molar-refractivity contribution is -0.128. The van der Waals surface area contributed by atoms with E-state index in [4.69, 9.17) is 0 Å². The minimum atomic E-state index is 0.155. The van der Waals surface area contributed by atoms with E-state index in [1.54, 1.807) is 6.20 Å². The number of hydrogen-bond acceptors (Lipinski definition) is 3. The van der Waals surface area contributed by atoms with Gasteiger partial charge in [0.25, 0.3) is 0 Å². The molecule has 16 heavy (non-hydrogen) atoms. The number of nitrogens with zero attached hydrogens (tertiary/aromatic N) is 2. The SMILES string of the molecule is O=C(CNc1ccc(Br)cn1)N1CCCC1. The Morgan fingerprint density at radius 2 is 2.19 bits per heavy atom. The van der Waals surface area contributed by atoms with Crippen molar-refractivity contribution in [3.8, 4) is 0 Å². The molecule has 0 aromatic carbocycles. The van der Waals surface area contributed by atoms with Crippen LogP contribution in [0.4, 0.5) is 5.82 Å². The van der Waals surface area contributed by atoms with Crippen LogP contribution in [0.3, 0.4) is 0 Å². The van der Waals surface area contributed by atoms with Crippen LogP contribution in [0.15, 0.2) is 22.8 Å². The third-order valence-corrected chi connectivity index (χ3v) is 3.08. The van der Waals surface area contributed by atoms with E-state index in [2.05, 4.69) is 26.2 Å². The molecular formula is C11H14BrN3O. The number of pyridine rings is 1. The maximum Gasteiger partial charge on any atom is 0.241 e. The topological polar surface area (TPSA) is 45.2 Å². The van der Waals surface area contributed by atoms with E-state index in [1.807, 2.05) is 17.0 Å². The van der Waals surface area contributed by atoms with E-state index in [0.717, 1.165) is 36.2 Å². The van der Waals surface area contributed by atoms with Crippen LogP contribution < -0.4 is 5.32 Å². The molecule has 0 atom stereocenters. The van der Waals surface area contributed by atoms with Gasteiger partial charge < -0.3 is 10.2 Å². The van der Waals surface area contributed by atoms with Crippen molar-refractivity contribution in [1.29, 1.82) is 0 Å². The Morgan fingerprint density at radius 1 is 1.44 bits per heavy atom. The molecule has 2 heterocycles. The Bertz CT molecular complexity index is 360. The minimum Gasteiger partial charge on any atom is -0.361 e. The summed E-state index contributed by atoms with van der Waals surface area (Å²) < 4.78 is 0.934. The summed E-state index contributed by atoms with van der Waals surface area (Å²) in [6, 6.07) is 3.75. The van der Waals surface area contributed by atoms with Crippen molar-refractivity contribution in [2.45, 2.75) is 12.8 Å². The van der Waals surface area contributed by atoms with Crippen LogP contribution in [-0.2, 0) is 4.79 Å². The summed E-state index contributed by atoms with van der Waals surface area (Å²) in [5.74, 6) is 0.887. The molecular weight excluding hydrogens is 270 g/mol. The highest BCUT2D eigenvalue weighted by Crippen LogP contribution is 2.11. The maximum absolute atomic E-state index is 11.7. The third-order valence-electron chi connectivity index (χ3n) is 2.61. The molecule has 0 aliphatic carbocycles. The van der Waals surface area contributed by atoms with Gasteiger partial charge in [0.05, 0.1) is 6.54 Å². The largest absolute Gasteiger partial charge is 0.361 e. The molecule has 1 N–H and O–H groups in total. The van der Waals surface area contributed by atoms with Gasteiger partial charge in [0, 0.05) is 23.8 Å². The molecule has 0 unspecified atom stereocenters. The van der Waals surface area contributed by atoms with Crippen LogP contribution in [0.5, 0.6) is 0 Å². The van der Waals surface area contributed by atoms with Crippen molar-refractivity contribution >= 4 is 27.7 Å². The van der Waals surface area contributed by atoms with Gasteiger partial charge in [-0.2, -0.15) is 0 Å². The fourth-order valence-corrected chi connectivity index (χ4v) is 1.96. The molecule has 1 aromatic heterocycles. The van der Waals surface area contributed by atoms with Crippen LogP contribution in [0.25, 0.3) is 0 Å². The van der Waals surface area contributed by atoms with E-state index in [9.17, 15) is 4.79 Å². The number of nitrogens with one attached hydrogen (secondary N) is 1. The molecule has 0 spiro atoms. The molecule has 1 amide bonds. The highest BCUT2D eigenvalue weighted by molar-refractivity contribution is 9.10. The van der Waals surface area contributed by atoms with E-state index >= 15 is 0 Å². The van der Waals surface area contributed by atoms with Crippen LogP contribution in [-0.4, -0.2) is 35.4 Å². The minimum absolute atomic E-state index is 0.155. The number of rotatable bonds is 3. The number of amides is 1. The lowest BCUT2D eigenvalue weighted by atomic mass is 10.4. The lowest BCUT2D eigenvalue weighted by Crippen LogP contribution is -2.33. The van der Waals surface area contributed by atoms with Gasteiger partial charge in [-0.15, -0.1) is 0 Å². The summed E-state index contributed by atoms with van der Waals surface area (Å²) in [4.78, 5) is 17.8. The molecule has 5 heteroatoms. The molecule has 0 radical (unpaired) electrons. The maximum atomic E-state index is 11.7. The summed E-state index contributed by atoms with van der Waals surface area (Å²) in [5, 5.41) is 3.03. The van der Waals surface area contributed by atoms with Gasteiger partial charge in [-0.1, -0.05) is 0 Å². The van der Waals surface area contributed by atoms with Crippen LogP contribution >= 0.6 is 15.9 Å². The van der Waals surface area contributed by atoms with Crippen LogP contribution in [0.2, 0.25) is 0 Å². The van der Waals surface area contributed by atoms with E-state index in [0.29, 0.717) is 6.54 Å². The predicted octanol–water partition coefficient (Wildman–Crippen LogP) is 1.88. The van der Waals surface area contributed by atoms with Crippen molar-refractivity contribution in [3.63, 3.8) is 0 Å². The Hall–Kier alpha value is -1.10. The number of carbonyl (C=O) groups excluding carboxylic acids is 1. The van der Waals surface area contributed by atoms with Gasteiger partial charge in [0.1, 0.15) is 5.82 Å². The Kier molecular flexibility index (Phi) is 3.77. The second-order valence-electron chi connectivity index (χ2n) is 3.80. The fourth-order valence-electron chi connectivity index (χ4n) is 1.72. The standard InChI is InChI=1S/C11H14BrN3O/c12-9-3-4-10(13-7-9)14-8-11(16)15-5-1-2-6-15/h3-4,7H,1-2,5-6,8H2,(H,13,14). The number of hydrogen-bond donors (Lipinski definition) is 1. The van der Waals surface area contributed by atoms with E-state index in [-0.39, 0.29) is 5.91 Å². The van der Waals surface area contributed by atoms with Crippen molar-refractivity contribution in [3.05, 3.63) is 22.8 Å². The Labute approximate surface area is 103 Å². The molecule has 2 rings (SSSR count). The zero-order valence-corrected chi connectivity index (χ0v) is 10.5. The van der Waals surface area contributed by atoms with Gasteiger partial charge in [0.15, 0.2) is 0 Å². The first kappa shape index (κ1) is 11.4. The zero-order chi connectivity index (χ0) is 11.4. The first-order valence-corrected chi connectivity index (χ1v) is 6.18. The molecule has 1 aliphatic heterocycles. The van der Waals surface area contributed by atoms with Crippen molar-refractivity contribution in [1.82, 2.24) is 9.88 Å². The first-order chi connectivity index (χ1) is 7.75. The number of carbonyl (C=O) groups is 1. The average Bonchev–Trinajstić information content (AvgIpc) is 2.81. The van der Waals surface area contributed by atoms with Crippen LogP contribution in [0, 0.1) is 0 Å². The van der Waals surface area contributed by atoms with Gasteiger partial charge in [-0.25, -0.2) is 4.98 Å². The summed E-state index contributed by atoms with van der Waals surface area (Å²) in [5.41, 5.74) is 0. The van der Waals surface area contributed by atoms with E-state index < -0.39 is 0 Å². The van der Waals surface area contributed by atoms with Gasteiger partial charge in [-0.3, -0.25) is 4.79 Å². The summed E-state index contributed by atoms with van der Waals surface area (Å²) in [6.45, 7) is 2.12. The molecule has 1 aliphatic rings. The predicted molar refractivity (Wildman–Crippen MR) is 66.2 cm³/mol. The fraction of sp³-hybridized carbons (Fsp3) is 0.455. The number of halogens is 1. The Morgan fingerprint density at radius 3 is 2.81 bits per heavy atom. The molecule has 1 saturated heterocycles. The van der Waals surface area contributed by atoms with Gasteiger partial charge in [0.2, 0.25) is 5.91 Å². The average molecular weight is 284 g/mol. The Balaban J connectivity index is 1.82. The van der Waals surface area contributed by atoms with Crippen molar-refractivity contribution in [2.75, 3.05) is 25.0 Å². The molecule has 1 aromatic rings. The van der Waals surface area contributed by atoms with Gasteiger partial charge >= 0.3 is 0 Å². The highest BCUT2D eigenvalue weighted by Gasteiger charge is 2.17. The lowest BCUT2D eigenvalue weighted by Gasteiger charge is -2.15. The second-order valence-corrected chi connectivity index (χ2v) is 4.72. The van der Waals surface area contributed by atoms with E-state index in [1.165, 1.54) is 0 Å². The summed E-state index contributed by atoms with van der Waals surface area (Å²) in [7, 11) is 0. The number of anilines is 1. The van der Waals surface area contributed by atoms with Crippen LogP contribution in [0.1, 0.15) is 12.8 Å². The molecule has 4 nitrogen and oxygen atoms in total. The summed E-state index contributed by atoms with van der Waals surface area (Å²) in [6.07, 6.45) is 3.97. The second kappa shape index (κ2) is 5.30. The molecule has 1 fully saturated rings.